The van der Waals surface area contributed by atoms with Crippen LogP contribution in [0.1, 0.15) is 78.5 Å². The number of fused-ring (bicyclic) bond motifs is 1. The molecule has 1 aromatic heterocycles. The monoisotopic (exact) mass is 440 g/mol. The topological polar surface area (TPSA) is 50.6 Å². The number of carbonyl (C=O) groups is 1. The van der Waals surface area contributed by atoms with Gasteiger partial charge in [0.05, 0.1) is 17.6 Å². The lowest BCUT2D eigenvalue weighted by molar-refractivity contribution is 0.00365. The van der Waals surface area contributed by atoms with Crippen LogP contribution < -0.4 is 0 Å². The molecule has 2 fully saturated rings. The summed E-state index contributed by atoms with van der Waals surface area (Å²) in [6.45, 7) is 15.5. The third-order valence-corrected chi connectivity index (χ3v) is 6.76. The Bertz CT molecular complexity index is 974. The lowest BCUT2D eigenvalue weighted by Crippen LogP contribution is -2.44. The number of likely N-dealkylation sites (N-methyl/N-ethyl adjacent to an activating group) is 1. The van der Waals surface area contributed by atoms with Gasteiger partial charge in [0.2, 0.25) is 0 Å². The largest absolute Gasteiger partial charge is 0.444 e. The lowest BCUT2D eigenvalue weighted by atomic mass is 9.82. The number of ether oxygens (including phenoxy) is 1. The third-order valence-electron chi connectivity index (χ3n) is 6.76. The average molecular weight is 441 g/mol. The maximum absolute atomic E-state index is 13.0. The van der Waals surface area contributed by atoms with E-state index in [0.29, 0.717) is 12.0 Å². The van der Waals surface area contributed by atoms with Gasteiger partial charge in [0.1, 0.15) is 5.60 Å². The van der Waals surface area contributed by atoms with E-state index in [2.05, 4.69) is 61.8 Å². The van der Waals surface area contributed by atoms with Gasteiger partial charge in [-0.25, -0.2) is 4.79 Å². The molecule has 2 aromatic rings. The normalized spacial score (nSPS) is 27.0. The molecular weight excluding hydrogens is 400 g/mol. The van der Waals surface area contributed by atoms with Crippen molar-refractivity contribution >= 4 is 17.0 Å². The Morgan fingerprint density at radius 2 is 1.94 bits per heavy atom. The quantitative estimate of drug-likeness (QED) is 0.606. The molecule has 0 spiro atoms. The highest BCUT2D eigenvalue weighted by Crippen LogP contribution is 2.37. The van der Waals surface area contributed by atoms with E-state index in [-0.39, 0.29) is 17.6 Å². The van der Waals surface area contributed by atoms with Gasteiger partial charge in [-0.2, -0.15) is 5.10 Å². The summed E-state index contributed by atoms with van der Waals surface area (Å²) in [4.78, 5) is 17.3. The molecule has 1 aromatic carbocycles. The standard InChI is InChI=1S/C26H40N4O2/c1-18-8-11-23(29(14-18)24(31)32-25(2,3)4)19-9-10-20-15-30(27-22(20)12-19)21-13-26(5,6)17-28(7)16-21/h9-10,12,15,18,21,23H,8,11,13-14,16-17H2,1-7H3/t18-,21-,23+/m0/s1. The van der Waals surface area contributed by atoms with E-state index in [1.54, 1.807) is 0 Å². The molecule has 32 heavy (non-hydrogen) atoms. The fraction of sp³-hybridized carbons (Fsp3) is 0.692. The fourth-order valence-electron chi connectivity index (χ4n) is 5.57. The summed E-state index contributed by atoms with van der Waals surface area (Å²) in [7, 11) is 2.20. The van der Waals surface area contributed by atoms with Gasteiger partial charge in [0, 0.05) is 31.2 Å². The van der Waals surface area contributed by atoms with E-state index < -0.39 is 5.60 Å². The Kier molecular flexibility index (Phi) is 6.03. The Morgan fingerprint density at radius 1 is 1.19 bits per heavy atom. The second-order valence-electron chi connectivity index (χ2n) is 12.0. The van der Waals surface area contributed by atoms with Crippen LogP contribution in [0, 0.1) is 11.3 Å². The predicted molar refractivity (Wildman–Crippen MR) is 129 cm³/mol. The van der Waals surface area contributed by atoms with E-state index in [4.69, 9.17) is 9.84 Å². The smallest absolute Gasteiger partial charge is 0.410 e. The number of nitrogens with zero attached hydrogens (tertiary/aromatic N) is 4. The van der Waals surface area contributed by atoms with Crippen molar-refractivity contribution in [3.05, 3.63) is 30.0 Å². The zero-order valence-electron chi connectivity index (χ0n) is 20.9. The van der Waals surface area contributed by atoms with Crippen molar-refractivity contribution < 1.29 is 9.53 Å². The summed E-state index contributed by atoms with van der Waals surface area (Å²) in [6.07, 6.45) is 5.17. The van der Waals surface area contributed by atoms with E-state index in [9.17, 15) is 4.79 Å². The van der Waals surface area contributed by atoms with Gasteiger partial charge in [0.25, 0.3) is 0 Å². The number of aromatic nitrogens is 2. The van der Waals surface area contributed by atoms with Crippen LogP contribution in [-0.4, -0.2) is 58.0 Å². The van der Waals surface area contributed by atoms with Crippen molar-refractivity contribution in [2.24, 2.45) is 11.3 Å². The molecule has 6 heteroatoms. The van der Waals surface area contributed by atoms with Crippen LogP contribution in [0.25, 0.3) is 10.9 Å². The summed E-state index contributed by atoms with van der Waals surface area (Å²) in [5.74, 6) is 0.480. The molecule has 2 saturated heterocycles. The van der Waals surface area contributed by atoms with Crippen molar-refractivity contribution in [1.29, 1.82) is 0 Å². The first-order valence-corrected chi connectivity index (χ1v) is 12.1. The van der Waals surface area contributed by atoms with Crippen LogP contribution >= 0.6 is 0 Å². The summed E-state index contributed by atoms with van der Waals surface area (Å²) in [6, 6.07) is 6.94. The molecule has 6 nitrogen and oxygen atoms in total. The predicted octanol–water partition coefficient (Wildman–Crippen LogP) is 5.65. The van der Waals surface area contributed by atoms with Crippen LogP contribution in [0.3, 0.4) is 0 Å². The van der Waals surface area contributed by atoms with Gasteiger partial charge in [0.15, 0.2) is 0 Å². The van der Waals surface area contributed by atoms with Crippen molar-refractivity contribution in [2.75, 3.05) is 26.7 Å². The SMILES string of the molecule is C[C@H]1CC[C@H](c2ccc3cn([C@@H]4CN(C)CC(C)(C)C4)nc3c2)N(C(=O)OC(C)(C)C)C1. The summed E-state index contributed by atoms with van der Waals surface area (Å²) >= 11 is 0. The number of hydrogen-bond donors (Lipinski definition) is 0. The maximum atomic E-state index is 13.0. The van der Waals surface area contributed by atoms with Crippen molar-refractivity contribution in [3.8, 4) is 0 Å². The van der Waals surface area contributed by atoms with Gasteiger partial charge in [-0.1, -0.05) is 32.9 Å². The first kappa shape index (κ1) is 23.1. The Morgan fingerprint density at radius 3 is 2.62 bits per heavy atom. The van der Waals surface area contributed by atoms with Crippen LogP contribution in [0.2, 0.25) is 0 Å². The average Bonchev–Trinajstić information content (AvgIpc) is 3.08. The Hall–Kier alpha value is -2.08. The number of likely N-dealkylation sites (tertiary alicyclic amines) is 2. The number of rotatable bonds is 2. The Balaban J connectivity index is 1.60. The molecule has 2 aliphatic rings. The molecule has 0 aliphatic carbocycles. The zero-order valence-corrected chi connectivity index (χ0v) is 20.9. The zero-order chi connectivity index (χ0) is 23.3. The van der Waals surface area contributed by atoms with Gasteiger partial charge in [-0.05, 0) is 70.0 Å². The second-order valence-corrected chi connectivity index (χ2v) is 12.0. The molecular formula is C26H40N4O2. The highest BCUT2D eigenvalue weighted by Gasteiger charge is 2.35. The number of piperidine rings is 2. The molecule has 176 valence electrons. The summed E-state index contributed by atoms with van der Waals surface area (Å²) in [5, 5.41) is 6.15. The van der Waals surface area contributed by atoms with Crippen LogP contribution in [0.5, 0.6) is 0 Å². The minimum absolute atomic E-state index is 0.0374. The lowest BCUT2D eigenvalue weighted by Gasteiger charge is -2.40. The molecule has 3 atom stereocenters. The second kappa shape index (κ2) is 8.36. The van der Waals surface area contributed by atoms with Crippen molar-refractivity contribution in [1.82, 2.24) is 19.6 Å². The Labute approximate surface area is 192 Å². The molecule has 0 radical (unpaired) electrons. The van der Waals surface area contributed by atoms with Gasteiger partial charge < -0.3 is 14.5 Å². The van der Waals surface area contributed by atoms with E-state index in [1.807, 2.05) is 25.7 Å². The first-order valence-electron chi connectivity index (χ1n) is 12.1. The molecule has 0 unspecified atom stereocenters. The first-order chi connectivity index (χ1) is 14.9. The van der Waals surface area contributed by atoms with Crippen molar-refractivity contribution in [2.45, 2.75) is 78.5 Å². The van der Waals surface area contributed by atoms with Gasteiger partial charge >= 0.3 is 6.09 Å². The molecule has 2 aliphatic heterocycles. The maximum Gasteiger partial charge on any atom is 0.410 e. The minimum Gasteiger partial charge on any atom is -0.444 e. The number of hydrogen-bond acceptors (Lipinski definition) is 4. The van der Waals surface area contributed by atoms with E-state index in [0.717, 1.165) is 55.4 Å². The van der Waals surface area contributed by atoms with Crippen LogP contribution in [-0.2, 0) is 4.74 Å². The molecule has 0 N–H and O–H groups in total. The molecule has 1 amide bonds. The van der Waals surface area contributed by atoms with Crippen LogP contribution in [0.4, 0.5) is 4.79 Å². The van der Waals surface area contributed by atoms with Gasteiger partial charge in [-0.3, -0.25) is 4.68 Å². The minimum atomic E-state index is -0.494. The van der Waals surface area contributed by atoms with Crippen LogP contribution in [0.15, 0.2) is 24.4 Å². The summed E-state index contributed by atoms with van der Waals surface area (Å²) < 4.78 is 7.91. The number of benzene rings is 1. The highest BCUT2D eigenvalue weighted by atomic mass is 16.6. The third kappa shape index (κ3) is 5.11. The number of amides is 1. The summed E-state index contributed by atoms with van der Waals surface area (Å²) in [5.41, 5.74) is 1.96. The number of carbonyl (C=O) groups excluding carboxylic acids is 1. The molecule has 0 bridgehead atoms. The molecule has 3 heterocycles. The van der Waals surface area contributed by atoms with E-state index >= 15 is 0 Å². The van der Waals surface area contributed by atoms with E-state index in [1.165, 1.54) is 0 Å². The van der Waals surface area contributed by atoms with Gasteiger partial charge in [-0.15, -0.1) is 0 Å². The molecule has 4 rings (SSSR count). The van der Waals surface area contributed by atoms with Crippen molar-refractivity contribution in [3.63, 3.8) is 0 Å². The fourth-order valence-corrected chi connectivity index (χ4v) is 5.57. The highest BCUT2D eigenvalue weighted by molar-refractivity contribution is 5.79. The molecule has 0 saturated carbocycles.